The molecule has 6 nitrogen and oxygen atoms in total. The van der Waals surface area contributed by atoms with Crippen molar-refractivity contribution in [2.75, 3.05) is 33.4 Å². The second-order valence-electron chi connectivity index (χ2n) is 11.5. The van der Waals surface area contributed by atoms with Gasteiger partial charge in [0.1, 0.15) is 36.1 Å². The van der Waals surface area contributed by atoms with E-state index < -0.39 is 47.3 Å². The molecule has 0 unspecified atom stereocenters. The third-order valence-corrected chi connectivity index (χ3v) is 8.71. The van der Waals surface area contributed by atoms with E-state index in [0.29, 0.717) is 11.1 Å². The zero-order valence-corrected chi connectivity index (χ0v) is 24.1. The Hall–Kier alpha value is -2.99. The SMILES string of the molecule is COC(=O)[C@@H]1C[C@@H](F)CN1C(=O)c1cc(C2CC2)c(OCC2(F)CCN(Cc3cc(C(F)(F)F)ccc3Cl)CC2)cc1F. The van der Waals surface area contributed by atoms with E-state index in [2.05, 4.69) is 4.74 Å². The van der Waals surface area contributed by atoms with Crippen molar-refractivity contribution in [2.24, 2.45) is 0 Å². The van der Waals surface area contributed by atoms with E-state index in [1.807, 2.05) is 4.90 Å². The van der Waals surface area contributed by atoms with Gasteiger partial charge < -0.3 is 14.4 Å². The van der Waals surface area contributed by atoms with Gasteiger partial charge in [-0.15, -0.1) is 0 Å². The van der Waals surface area contributed by atoms with Gasteiger partial charge in [-0.05, 0) is 67.0 Å². The van der Waals surface area contributed by atoms with Gasteiger partial charge in [0.15, 0.2) is 0 Å². The quantitative estimate of drug-likeness (QED) is 0.246. The monoisotopic (exact) mass is 632 g/mol. The first-order chi connectivity index (χ1) is 20.3. The molecule has 2 saturated heterocycles. The van der Waals surface area contributed by atoms with Crippen LogP contribution in [0.25, 0.3) is 0 Å². The highest BCUT2D eigenvalue weighted by molar-refractivity contribution is 6.31. The maximum Gasteiger partial charge on any atom is 0.416 e. The number of carbonyl (C=O) groups is 2. The van der Waals surface area contributed by atoms with E-state index in [4.69, 9.17) is 16.3 Å². The zero-order valence-electron chi connectivity index (χ0n) is 23.4. The molecule has 1 saturated carbocycles. The lowest BCUT2D eigenvalue weighted by Crippen LogP contribution is -2.44. The van der Waals surface area contributed by atoms with E-state index in [9.17, 15) is 27.2 Å². The first-order valence-corrected chi connectivity index (χ1v) is 14.4. The number of esters is 1. The smallest absolute Gasteiger partial charge is 0.416 e. The highest BCUT2D eigenvalue weighted by Gasteiger charge is 2.42. The van der Waals surface area contributed by atoms with Crippen molar-refractivity contribution < 1.29 is 45.4 Å². The van der Waals surface area contributed by atoms with Crippen molar-refractivity contribution in [2.45, 2.75) is 68.6 Å². The topological polar surface area (TPSA) is 59.1 Å². The van der Waals surface area contributed by atoms with Gasteiger partial charge >= 0.3 is 12.1 Å². The molecule has 5 rings (SSSR count). The van der Waals surface area contributed by atoms with E-state index in [1.54, 1.807) is 0 Å². The minimum absolute atomic E-state index is 0.0133. The van der Waals surface area contributed by atoms with Crippen LogP contribution in [0.4, 0.5) is 26.3 Å². The lowest BCUT2D eigenvalue weighted by molar-refractivity contribution is -0.145. The van der Waals surface area contributed by atoms with Gasteiger partial charge in [0.05, 0.1) is 24.8 Å². The molecule has 2 aromatic rings. The van der Waals surface area contributed by atoms with Crippen LogP contribution >= 0.6 is 11.6 Å². The standard InChI is InChI=1S/C30H31ClF6N2O4/c1-42-28(41)25-11-20(32)15-39(25)27(40)22-12-21(17-2-3-17)26(13-24(22)33)43-16-29(34)6-8-38(9-7-29)14-18-10-19(30(35,36)37)4-5-23(18)31/h4-5,10,12-13,17,20,25H,2-3,6-9,11,14-16H2,1H3/t20-,25+/m1/s1. The Bertz CT molecular complexity index is 1380. The predicted molar refractivity (Wildman–Crippen MR) is 145 cm³/mol. The average molecular weight is 633 g/mol. The predicted octanol–water partition coefficient (Wildman–Crippen LogP) is 6.48. The number of hydrogen-bond donors (Lipinski definition) is 0. The summed E-state index contributed by atoms with van der Waals surface area (Å²) in [6, 6.07) is 4.33. The summed E-state index contributed by atoms with van der Waals surface area (Å²) in [5.41, 5.74) is -2.06. The maximum atomic E-state index is 15.8. The number of piperidine rings is 1. The summed E-state index contributed by atoms with van der Waals surface area (Å²) in [5.74, 6) is -2.46. The van der Waals surface area contributed by atoms with Crippen LogP contribution in [0.1, 0.15) is 65.1 Å². The highest BCUT2D eigenvalue weighted by Crippen LogP contribution is 2.46. The summed E-state index contributed by atoms with van der Waals surface area (Å²) >= 11 is 6.12. The number of halogens is 7. The van der Waals surface area contributed by atoms with Gasteiger partial charge in [-0.25, -0.2) is 18.0 Å². The van der Waals surface area contributed by atoms with Crippen LogP contribution in [-0.2, 0) is 22.3 Å². The number of amides is 1. The number of hydrogen-bond acceptors (Lipinski definition) is 5. The molecule has 1 amide bonds. The Morgan fingerprint density at radius 1 is 1.12 bits per heavy atom. The number of benzene rings is 2. The second-order valence-corrected chi connectivity index (χ2v) is 11.9. The van der Waals surface area contributed by atoms with Crippen molar-refractivity contribution >= 4 is 23.5 Å². The van der Waals surface area contributed by atoms with Crippen molar-refractivity contribution in [1.29, 1.82) is 0 Å². The summed E-state index contributed by atoms with van der Waals surface area (Å²) in [6.45, 7) is -0.121. The molecule has 234 valence electrons. The largest absolute Gasteiger partial charge is 0.490 e. The molecule has 0 radical (unpaired) electrons. The molecular formula is C30H31ClF6N2O4. The van der Waals surface area contributed by atoms with Gasteiger partial charge in [-0.2, -0.15) is 13.2 Å². The Morgan fingerprint density at radius 2 is 1.81 bits per heavy atom. The number of nitrogens with zero attached hydrogens (tertiary/aromatic N) is 2. The first kappa shape index (κ1) is 31.4. The van der Waals surface area contributed by atoms with E-state index >= 15 is 8.78 Å². The molecule has 0 bridgehead atoms. The summed E-state index contributed by atoms with van der Waals surface area (Å²) < 4.78 is 95.0. The van der Waals surface area contributed by atoms with Gasteiger partial charge in [0.2, 0.25) is 0 Å². The minimum atomic E-state index is -4.51. The van der Waals surface area contributed by atoms with Crippen LogP contribution < -0.4 is 4.74 Å². The van der Waals surface area contributed by atoms with Crippen LogP contribution in [0, 0.1) is 5.82 Å². The van der Waals surface area contributed by atoms with Gasteiger partial charge in [0, 0.05) is 37.1 Å². The molecule has 2 aliphatic heterocycles. The summed E-state index contributed by atoms with van der Waals surface area (Å²) in [4.78, 5) is 28.1. The van der Waals surface area contributed by atoms with Crippen LogP contribution in [-0.4, -0.2) is 72.9 Å². The molecule has 0 N–H and O–H groups in total. The molecule has 1 aliphatic carbocycles. The third kappa shape index (κ3) is 7.06. The molecule has 43 heavy (non-hydrogen) atoms. The molecule has 0 aromatic heterocycles. The average Bonchev–Trinajstić information content (AvgIpc) is 3.73. The van der Waals surface area contributed by atoms with Gasteiger partial charge in [-0.3, -0.25) is 9.69 Å². The van der Waals surface area contributed by atoms with E-state index in [1.165, 1.54) is 12.1 Å². The molecule has 2 heterocycles. The van der Waals surface area contributed by atoms with Crippen molar-refractivity contribution in [3.8, 4) is 5.75 Å². The molecule has 2 aromatic carbocycles. The fourth-order valence-corrected chi connectivity index (χ4v) is 5.85. The Labute approximate surface area is 249 Å². The highest BCUT2D eigenvalue weighted by atomic mass is 35.5. The fraction of sp³-hybridized carbons (Fsp3) is 0.533. The van der Waals surface area contributed by atoms with E-state index in [0.717, 1.165) is 43.1 Å². The van der Waals surface area contributed by atoms with Crippen molar-refractivity contribution in [1.82, 2.24) is 9.80 Å². The first-order valence-electron chi connectivity index (χ1n) is 14.0. The molecule has 0 spiro atoms. The third-order valence-electron chi connectivity index (χ3n) is 8.34. The van der Waals surface area contributed by atoms with Crippen molar-refractivity contribution in [3.63, 3.8) is 0 Å². The lowest BCUT2D eigenvalue weighted by Gasteiger charge is -2.36. The summed E-state index contributed by atoms with van der Waals surface area (Å²) in [7, 11) is 1.13. The summed E-state index contributed by atoms with van der Waals surface area (Å²) in [6.07, 6.45) is -4.58. The Morgan fingerprint density at radius 3 is 2.44 bits per heavy atom. The van der Waals surface area contributed by atoms with Crippen LogP contribution in [0.2, 0.25) is 5.02 Å². The number of methoxy groups -OCH3 is 1. The molecule has 3 aliphatic rings. The molecular weight excluding hydrogens is 602 g/mol. The van der Waals surface area contributed by atoms with Crippen LogP contribution in [0.5, 0.6) is 5.75 Å². The minimum Gasteiger partial charge on any atom is -0.490 e. The Balaban J connectivity index is 1.24. The number of carbonyl (C=O) groups excluding carboxylic acids is 2. The number of rotatable bonds is 8. The second kappa shape index (κ2) is 12.2. The van der Waals surface area contributed by atoms with Gasteiger partial charge in [0.25, 0.3) is 5.91 Å². The fourth-order valence-electron chi connectivity index (χ4n) is 5.67. The number of ether oxygens (including phenoxy) is 2. The lowest BCUT2D eigenvalue weighted by atomic mass is 9.93. The van der Waals surface area contributed by atoms with Crippen LogP contribution in [0.15, 0.2) is 30.3 Å². The Kier molecular flexibility index (Phi) is 8.91. The maximum absolute atomic E-state index is 15.8. The van der Waals surface area contributed by atoms with Crippen molar-refractivity contribution in [3.05, 3.63) is 63.4 Å². The van der Waals surface area contributed by atoms with Gasteiger partial charge in [-0.1, -0.05) is 11.6 Å². The summed E-state index contributed by atoms with van der Waals surface area (Å²) in [5, 5.41) is 0.194. The number of alkyl halides is 5. The molecule has 3 fully saturated rings. The molecule has 13 heteroatoms. The normalized spacial score (nSPS) is 22.5. The zero-order chi connectivity index (χ0) is 31.1. The van der Waals surface area contributed by atoms with Crippen LogP contribution in [0.3, 0.4) is 0 Å². The van der Waals surface area contributed by atoms with E-state index in [-0.39, 0.29) is 74.3 Å². The molecule has 2 atom stereocenters. The number of likely N-dealkylation sites (tertiary alicyclic amines) is 2.